The number of aliphatic imine (C=N–C) groups is 1. The molecular formula is C12H16N2O3. The molecule has 5 nitrogen and oxygen atoms in total. The summed E-state index contributed by atoms with van der Waals surface area (Å²) in [7, 11) is 3.19. The quantitative estimate of drug-likeness (QED) is 0.457. The Labute approximate surface area is 100 Å². The topological polar surface area (TPSA) is 60.7 Å². The molecular weight excluding hydrogens is 220 g/mol. The Bertz CT molecular complexity index is 496. The Hall–Kier alpha value is -1.87. The van der Waals surface area contributed by atoms with Crippen LogP contribution in [0.4, 0.5) is 0 Å². The molecule has 0 radical (unpaired) electrons. The minimum Gasteiger partial charge on any atom is -0.465 e. The van der Waals surface area contributed by atoms with E-state index in [0.717, 1.165) is 17.0 Å². The predicted molar refractivity (Wildman–Crippen MR) is 62.8 cm³/mol. The van der Waals surface area contributed by atoms with E-state index in [1.54, 1.807) is 6.92 Å². The van der Waals surface area contributed by atoms with Gasteiger partial charge in [-0.15, -0.1) is 0 Å². The summed E-state index contributed by atoms with van der Waals surface area (Å²) in [5, 5.41) is 0. The monoisotopic (exact) mass is 236 g/mol. The highest BCUT2D eigenvalue weighted by Crippen LogP contribution is 2.29. The summed E-state index contributed by atoms with van der Waals surface area (Å²) in [4.78, 5) is 25.7. The van der Waals surface area contributed by atoms with Crippen molar-refractivity contribution in [2.75, 3.05) is 7.11 Å². The molecule has 1 atom stereocenters. The summed E-state index contributed by atoms with van der Waals surface area (Å²) in [5.41, 5.74) is 2.91. The summed E-state index contributed by atoms with van der Waals surface area (Å²) in [6, 6.07) is -0.401. The van der Waals surface area contributed by atoms with Gasteiger partial charge in [0.2, 0.25) is 6.08 Å². The number of isocyanates is 1. The number of rotatable bonds is 3. The van der Waals surface area contributed by atoms with E-state index in [0.29, 0.717) is 5.56 Å². The van der Waals surface area contributed by atoms with Gasteiger partial charge < -0.3 is 9.30 Å². The summed E-state index contributed by atoms with van der Waals surface area (Å²) in [5.74, 6) is -0.408. The molecule has 1 heterocycles. The number of methoxy groups -OCH3 is 1. The Morgan fingerprint density at radius 2 is 2.00 bits per heavy atom. The fourth-order valence-corrected chi connectivity index (χ4v) is 1.99. The molecule has 0 bridgehead atoms. The highest BCUT2D eigenvalue weighted by Gasteiger charge is 2.25. The molecule has 92 valence electrons. The number of hydrogen-bond donors (Lipinski definition) is 0. The molecule has 0 spiro atoms. The second-order valence-corrected chi connectivity index (χ2v) is 3.91. The van der Waals surface area contributed by atoms with Crippen LogP contribution in [0.5, 0.6) is 0 Å². The summed E-state index contributed by atoms with van der Waals surface area (Å²) in [6.07, 6.45) is 1.52. The lowest BCUT2D eigenvalue weighted by Gasteiger charge is -2.07. The van der Waals surface area contributed by atoms with Crippen molar-refractivity contribution in [2.45, 2.75) is 26.8 Å². The van der Waals surface area contributed by atoms with Crippen molar-refractivity contribution < 1.29 is 14.3 Å². The maximum absolute atomic E-state index is 11.8. The molecule has 0 aliphatic carbocycles. The molecule has 1 rings (SSSR count). The largest absolute Gasteiger partial charge is 0.465 e. The average Bonchev–Trinajstić information content (AvgIpc) is 2.53. The van der Waals surface area contributed by atoms with Crippen LogP contribution in [0.15, 0.2) is 4.99 Å². The fourth-order valence-electron chi connectivity index (χ4n) is 1.99. The molecule has 1 aromatic rings. The van der Waals surface area contributed by atoms with Crippen LogP contribution in [0.25, 0.3) is 0 Å². The van der Waals surface area contributed by atoms with E-state index < -0.39 is 12.0 Å². The Morgan fingerprint density at radius 1 is 1.41 bits per heavy atom. The number of carbonyl (C=O) groups excluding carboxylic acids is 2. The standard InChI is InChI=1S/C12H16N2O3/c1-7(13-6-15)10-8(2)14(4)9(3)11(10)12(16)17-5/h7H,1-5H3. The van der Waals surface area contributed by atoms with Gasteiger partial charge in [0.05, 0.1) is 18.7 Å². The first-order valence-electron chi connectivity index (χ1n) is 5.26. The van der Waals surface area contributed by atoms with Gasteiger partial charge in [0, 0.05) is 24.0 Å². The first kappa shape index (κ1) is 13.2. The van der Waals surface area contributed by atoms with Crippen molar-refractivity contribution in [2.24, 2.45) is 12.0 Å². The van der Waals surface area contributed by atoms with E-state index in [2.05, 4.69) is 4.99 Å². The van der Waals surface area contributed by atoms with Crippen molar-refractivity contribution in [1.29, 1.82) is 0 Å². The van der Waals surface area contributed by atoms with E-state index in [1.165, 1.54) is 13.2 Å². The van der Waals surface area contributed by atoms with E-state index in [-0.39, 0.29) is 0 Å². The molecule has 0 N–H and O–H groups in total. The third-order valence-corrected chi connectivity index (χ3v) is 3.08. The second-order valence-electron chi connectivity index (χ2n) is 3.91. The number of aromatic nitrogens is 1. The van der Waals surface area contributed by atoms with E-state index in [9.17, 15) is 9.59 Å². The zero-order chi connectivity index (χ0) is 13.2. The molecule has 0 aromatic carbocycles. The van der Waals surface area contributed by atoms with Gasteiger partial charge in [0.15, 0.2) is 0 Å². The van der Waals surface area contributed by atoms with Gasteiger partial charge in [0.25, 0.3) is 0 Å². The smallest absolute Gasteiger partial charge is 0.340 e. The van der Waals surface area contributed by atoms with Gasteiger partial charge in [-0.25, -0.2) is 9.59 Å². The maximum Gasteiger partial charge on any atom is 0.340 e. The second kappa shape index (κ2) is 4.97. The minimum absolute atomic E-state index is 0.401. The molecule has 1 unspecified atom stereocenters. The van der Waals surface area contributed by atoms with Crippen molar-refractivity contribution in [3.05, 3.63) is 22.5 Å². The molecule has 5 heteroatoms. The molecule has 1 aromatic heterocycles. The minimum atomic E-state index is -0.408. The number of hydrogen-bond acceptors (Lipinski definition) is 4. The zero-order valence-electron chi connectivity index (χ0n) is 10.7. The Balaban J connectivity index is 3.51. The number of carbonyl (C=O) groups is 1. The van der Waals surface area contributed by atoms with Crippen LogP contribution in [-0.4, -0.2) is 23.7 Å². The van der Waals surface area contributed by atoms with Crippen LogP contribution in [-0.2, 0) is 16.6 Å². The SMILES string of the molecule is COC(=O)c1c(C(C)N=C=O)c(C)n(C)c1C. The average molecular weight is 236 g/mol. The van der Waals surface area contributed by atoms with Crippen LogP contribution in [0.1, 0.15) is 40.3 Å². The molecule has 0 saturated carbocycles. The third kappa shape index (κ3) is 2.15. The van der Waals surface area contributed by atoms with Crippen LogP contribution in [0.3, 0.4) is 0 Å². The van der Waals surface area contributed by atoms with Crippen molar-refractivity contribution >= 4 is 12.0 Å². The fraction of sp³-hybridized carbons (Fsp3) is 0.500. The van der Waals surface area contributed by atoms with Crippen LogP contribution in [0.2, 0.25) is 0 Å². The lowest BCUT2D eigenvalue weighted by molar-refractivity contribution is 0.0598. The van der Waals surface area contributed by atoms with Gasteiger partial charge >= 0.3 is 5.97 Å². The highest BCUT2D eigenvalue weighted by molar-refractivity contribution is 5.93. The van der Waals surface area contributed by atoms with Crippen molar-refractivity contribution in [3.8, 4) is 0 Å². The predicted octanol–water partition coefficient (Wildman–Crippen LogP) is 1.83. The maximum atomic E-state index is 11.8. The molecule has 0 saturated heterocycles. The van der Waals surface area contributed by atoms with Crippen LogP contribution in [0, 0.1) is 13.8 Å². The number of ether oxygens (including phenoxy) is 1. The Morgan fingerprint density at radius 3 is 2.47 bits per heavy atom. The molecule has 0 aliphatic heterocycles. The van der Waals surface area contributed by atoms with Gasteiger partial charge in [-0.1, -0.05) is 0 Å². The van der Waals surface area contributed by atoms with Gasteiger partial charge in [-0.3, -0.25) is 0 Å². The third-order valence-electron chi connectivity index (χ3n) is 3.08. The van der Waals surface area contributed by atoms with Gasteiger partial charge in [-0.05, 0) is 20.8 Å². The number of nitrogens with zero attached hydrogens (tertiary/aromatic N) is 2. The van der Waals surface area contributed by atoms with Crippen LogP contribution < -0.4 is 0 Å². The molecule has 0 aliphatic rings. The van der Waals surface area contributed by atoms with Crippen molar-refractivity contribution in [3.63, 3.8) is 0 Å². The first-order chi connectivity index (χ1) is 7.95. The summed E-state index contributed by atoms with van der Waals surface area (Å²) in [6.45, 7) is 5.46. The van der Waals surface area contributed by atoms with Crippen LogP contribution >= 0.6 is 0 Å². The Kier molecular flexibility index (Phi) is 3.86. The molecule has 0 fully saturated rings. The highest BCUT2D eigenvalue weighted by atomic mass is 16.5. The van der Waals surface area contributed by atoms with E-state index in [4.69, 9.17) is 4.74 Å². The zero-order valence-corrected chi connectivity index (χ0v) is 10.7. The van der Waals surface area contributed by atoms with Crippen molar-refractivity contribution in [1.82, 2.24) is 4.57 Å². The van der Waals surface area contributed by atoms with E-state index in [1.807, 2.05) is 25.5 Å². The lowest BCUT2D eigenvalue weighted by Crippen LogP contribution is -2.07. The molecule has 17 heavy (non-hydrogen) atoms. The summed E-state index contributed by atoms with van der Waals surface area (Å²) < 4.78 is 6.65. The molecule has 0 amide bonds. The van der Waals surface area contributed by atoms with Gasteiger partial charge in [0.1, 0.15) is 0 Å². The van der Waals surface area contributed by atoms with Gasteiger partial charge in [-0.2, -0.15) is 4.99 Å². The lowest BCUT2D eigenvalue weighted by atomic mass is 10.0. The van der Waals surface area contributed by atoms with E-state index >= 15 is 0 Å². The number of esters is 1. The first-order valence-corrected chi connectivity index (χ1v) is 5.26. The normalized spacial score (nSPS) is 11.8. The summed E-state index contributed by atoms with van der Waals surface area (Å²) >= 11 is 0.